The third-order valence-corrected chi connectivity index (χ3v) is 5.86. The number of alkyl carbamates (subject to hydrolysis) is 1. The average molecular weight is 432 g/mol. The van der Waals surface area contributed by atoms with E-state index in [1.165, 1.54) is 11.8 Å². The molecule has 3 atom stereocenters. The summed E-state index contributed by atoms with van der Waals surface area (Å²) in [6.07, 6.45) is 2.58. The molecule has 0 radical (unpaired) electrons. The largest absolute Gasteiger partial charge is 0.480 e. The van der Waals surface area contributed by atoms with E-state index in [0.29, 0.717) is 37.0 Å². The number of aromatic nitrogens is 4. The van der Waals surface area contributed by atoms with Crippen LogP contribution in [0.5, 0.6) is 5.88 Å². The molecule has 11 nitrogen and oxygen atoms in total. The van der Waals surface area contributed by atoms with Gasteiger partial charge in [-0.2, -0.15) is 5.10 Å². The quantitative estimate of drug-likeness (QED) is 0.635. The Hall–Kier alpha value is -3.08. The van der Waals surface area contributed by atoms with Crippen LogP contribution in [0.4, 0.5) is 10.6 Å². The van der Waals surface area contributed by atoms with Crippen molar-refractivity contribution < 1.29 is 23.8 Å². The number of carbonyl (C=O) groups excluding carboxylic acids is 2. The molecule has 4 rings (SSSR count). The number of aryl methyl sites for hydroxylation is 1. The minimum absolute atomic E-state index is 0.154. The number of hydrogen-bond donors (Lipinski definition) is 3. The summed E-state index contributed by atoms with van der Waals surface area (Å²) in [6.45, 7) is 3.11. The number of hydrogen-bond acceptors (Lipinski definition) is 7. The molecule has 3 N–H and O–H groups in total. The minimum Gasteiger partial charge on any atom is -0.480 e. The van der Waals surface area contributed by atoms with E-state index in [-0.39, 0.29) is 23.5 Å². The second kappa shape index (κ2) is 8.58. The van der Waals surface area contributed by atoms with Gasteiger partial charge in [-0.15, -0.1) is 5.10 Å². The van der Waals surface area contributed by atoms with E-state index in [4.69, 9.17) is 14.2 Å². The molecule has 1 aliphatic carbocycles. The molecule has 1 saturated carbocycles. The normalized spacial score (nSPS) is 25.4. The van der Waals surface area contributed by atoms with Gasteiger partial charge >= 0.3 is 6.09 Å². The smallest absolute Gasteiger partial charge is 0.407 e. The van der Waals surface area contributed by atoms with Crippen molar-refractivity contribution in [3.05, 3.63) is 23.5 Å². The Morgan fingerprint density at radius 2 is 2.19 bits per heavy atom. The molecule has 3 heterocycles. The van der Waals surface area contributed by atoms with Crippen molar-refractivity contribution in [1.82, 2.24) is 25.3 Å². The lowest BCUT2D eigenvalue weighted by atomic mass is 10.0. The first-order valence-corrected chi connectivity index (χ1v) is 10.4. The summed E-state index contributed by atoms with van der Waals surface area (Å²) >= 11 is 0. The van der Waals surface area contributed by atoms with E-state index in [0.717, 1.165) is 25.0 Å². The molecule has 11 heteroatoms. The zero-order valence-electron chi connectivity index (χ0n) is 17.9. The van der Waals surface area contributed by atoms with Gasteiger partial charge < -0.3 is 24.8 Å². The first kappa shape index (κ1) is 21.2. The van der Waals surface area contributed by atoms with E-state index in [1.54, 1.807) is 13.1 Å². The van der Waals surface area contributed by atoms with E-state index < -0.39 is 6.09 Å². The number of methoxy groups -OCH3 is 1. The van der Waals surface area contributed by atoms with Crippen LogP contribution in [-0.4, -0.2) is 63.9 Å². The monoisotopic (exact) mass is 432 g/mol. The van der Waals surface area contributed by atoms with E-state index in [2.05, 4.69) is 25.9 Å². The molecule has 168 valence electrons. The van der Waals surface area contributed by atoms with Gasteiger partial charge in [0, 0.05) is 37.4 Å². The molecule has 2 aliphatic rings. The summed E-state index contributed by atoms with van der Waals surface area (Å²) < 4.78 is 17.5. The fourth-order valence-corrected chi connectivity index (χ4v) is 4.07. The SMILES string of the molecule is COc1cc(C(=O)Nc2cc([C@H]3CC[C@@H](OC(=O)NC4(C)CCOC4)C3)[nH]n2)n(C)n1. The lowest BCUT2D eigenvalue weighted by Gasteiger charge is -2.24. The Morgan fingerprint density at radius 1 is 1.35 bits per heavy atom. The van der Waals surface area contributed by atoms with Gasteiger partial charge in [0.15, 0.2) is 5.82 Å². The molecule has 1 unspecified atom stereocenters. The number of carbonyl (C=O) groups is 2. The highest BCUT2D eigenvalue weighted by molar-refractivity contribution is 6.02. The Kier molecular flexibility index (Phi) is 5.86. The van der Waals surface area contributed by atoms with Gasteiger partial charge in [0.2, 0.25) is 5.88 Å². The second-order valence-corrected chi connectivity index (χ2v) is 8.38. The van der Waals surface area contributed by atoms with Crippen molar-refractivity contribution >= 4 is 17.8 Å². The van der Waals surface area contributed by atoms with Crippen molar-refractivity contribution in [3.63, 3.8) is 0 Å². The predicted molar refractivity (Wildman–Crippen MR) is 110 cm³/mol. The lowest BCUT2D eigenvalue weighted by Crippen LogP contribution is -2.47. The van der Waals surface area contributed by atoms with Gasteiger partial charge in [0.25, 0.3) is 5.91 Å². The molecule has 0 spiro atoms. The summed E-state index contributed by atoms with van der Waals surface area (Å²) in [6, 6.07) is 3.38. The third kappa shape index (κ3) is 4.82. The maximum atomic E-state index is 12.5. The van der Waals surface area contributed by atoms with E-state index in [9.17, 15) is 9.59 Å². The number of anilines is 1. The third-order valence-electron chi connectivity index (χ3n) is 5.86. The number of H-pyrrole nitrogens is 1. The number of nitrogens with one attached hydrogen (secondary N) is 3. The van der Waals surface area contributed by atoms with Crippen molar-refractivity contribution in [2.45, 2.75) is 50.2 Å². The highest BCUT2D eigenvalue weighted by Crippen LogP contribution is 2.36. The first-order chi connectivity index (χ1) is 14.8. The van der Waals surface area contributed by atoms with Gasteiger partial charge in [0.1, 0.15) is 11.8 Å². The van der Waals surface area contributed by atoms with E-state index in [1.807, 2.05) is 13.0 Å². The second-order valence-electron chi connectivity index (χ2n) is 8.38. The van der Waals surface area contributed by atoms with Crippen LogP contribution in [0.3, 0.4) is 0 Å². The van der Waals surface area contributed by atoms with Crippen LogP contribution in [-0.2, 0) is 16.5 Å². The summed E-state index contributed by atoms with van der Waals surface area (Å²) in [4.78, 5) is 24.7. The molecule has 31 heavy (non-hydrogen) atoms. The highest BCUT2D eigenvalue weighted by atomic mass is 16.6. The molecule has 1 aliphatic heterocycles. The number of rotatable bonds is 6. The topological polar surface area (TPSA) is 132 Å². The predicted octanol–water partition coefficient (Wildman–Crippen LogP) is 1.95. The molecular formula is C20H28N6O5. The molecule has 0 aromatic carbocycles. The summed E-state index contributed by atoms with van der Waals surface area (Å²) in [5.41, 5.74) is 0.910. The van der Waals surface area contributed by atoms with Crippen molar-refractivity contribution in [1.29, 1.82) is 0 Å². The Labute approximate surface area is 179 Å². The number of ether oxygens (including phenoxy) is 3. The van der Waals surface area contributed by atoms with Crippen molar-refractivity contribution in [2.24, 2.45) is 7.05 Å². The van der Waals surface area contributed by atoms with Gasteiger partial charge in [-0.25, -0.2) is 4.79 Å². The molecule has 2 aromatic heterocycles. The lowest BCUT2D eigenvalue weighted by molar-refractivity contribution is 0.0882. The first-order valence-electron chi connectivity index (χ1n) is 10.4. The van der Waals surface area contributed by atoms with Crippen LogP contribution in [0.15, 0.2) is 12.1 Å². The van der Waals surface area contributed by atoms with Crippen LogP contribution < -0.4 is 15.4 Å². The van der Waals surface area contributed by atoms with Crippen LogP contribution in [0, 0.1) is 0 Å². The number of aromatic amines is 1. The molecular weight excluding hydrogens is 404 g/mol. The molecule has 1 saturated heterocycles. The standard InChI is InChI=1S/C20H28N6O5/c1-20(6-7-30-11-20)22-19(28)31-13-5-4-12(8-13)14-9-16(24-23-14)21-18(27)15-10-17(29-3)25-26(15)2/h9-10,12-13H,4-8,11H2,1-3H3,(H,22,28)(H2,21,23,24,27)/t12-,13+,20?/m0/s1. The highest BCUT2D eigenvalue weighted by Gasteiger charge is 2.34. The van der Waals surface area contributed by atoms with Crippen LogP contribution in [0.2, 0.25) is 0 Å². The minimum atomic E-state index is -0.400. The average Bonchev–Trinajstić information content (AvgIpc) is 3.49. The summed E-state index contributed by atoms with van der Waals surface area (Å²) in [5.74, 6) is 0.644. The van der Waals surface area contributed by atoms with Gasteiger partial charge in [-0.1, -0.05) is 0 Å². The maximum Gasteiger partial charge on any atom is 0.407 e. The zero-order valence-corrected chi connectivity index (χ0v) is 17.9. The van der Waals surface area contributed by atoms with Crippen LogP contribution >= 0.6 is 0 Å². The Morgan fingerprint density at radius 3 is 2.90 bits per heavy atom. The Bertz CT molecular complexity index is 948. The van der Waals surface area contributed by atoms with Crippen molar-refractivity contribution in [2.75, 3.05) is 25.6 Å². The van der Waals surface area contributed by atoms with Crippen molar-refractivity contribution in [3.8, 4) is 5.88 Å². The fraction of sp³-hybridized carbons (Fsp3) is 0.600. The zero-order chi connectivity index (χ0) is 22.0. The van der Waals surface area contributed by atoms with Crippen LogP contribution in [0.1, 0.15) is 54.7 Å². The number of amides is 2. The van der Waals surface area contributed by atoms with Gasteiger partial charge in [-0.05, 0) is 32.6 Å². The molecule has 2 aromatic rings. The van der Waals surface area contributed by atoms with Gasteiger partial charge in [-0.3, -0.25) is 14.6 Å². The van der Waals surface area contributed by atoms with E-state index >= 15 is 0 Å². The maximum absolute atomic E-state index is 12.5. The summed E-state index contributed by atoms with van der Waals surface area (Å²) in [5, 5.41) is 16.9. The molecule has 2 fully saturated rings. The van der Waals surface area contributed by atoms with Crippen LogP contribution in [0.25, 0.3) is 0 Å². The summed E-state index contributed by atoms with van der Waals surface area (Å²) in [7, 11) is 3.16. The fourth-order valence-electron chi connectivity index (χ4n) is 4.07. The Balaban J connectivity index is 1.29. The molecule has 2 amide bonds. The van der Waals surface area contributed by atoms with Gasteiger partial charge in [0.05, 0.1) is 19.3 Å². The number of nitrogens with zero attached hydrogens (tertiary/aromatic N) is 3. The molecule has 0 bridgehead atoms.